The Labute approximate surface area is 248 Å². The van der Waals surface area contributed by atoms with E-state index in [2.05, 4.69) is 131 Å². The summed E-state index contributed by atoms with van der Waals surface area (Å²) < 4.78 is 0. The second-order valence-corrected chi connectivity index (χ2v) is 10.4. The third-order valence-corrected chi connectivity index (χ3v) is 8.12. The Morgan fingerprint density at radius 3 is 0.854 bits per heavy atom. The zero-order valence-corrected chi connectivity index (χ0v) is 25.1. The van der Waals surface area contributed by atoms with Crippen molar-refractivity contribution in [2.75, 3.05) is 0 Å². The average Bonchev–Trinajstić information content (AvgIpc) is 3.73. The normalized spacial score (nSPS) is 11.7. The van der Waals surface area contributed by atoms with Gasteiger partial charge in [0.05, 0.1) is 22.8 Å². The third-order valence-electron chi connectivity index (χ3n) is 8.12. The largest absolute Gasteiger partial charge is 0.354 e. The van der Waals surface area contributed by atoms with Crippen LogP contribution in [0.15, 0.2) is 121 Å². The number of H-pyrrole nitrogens is 2. The predicted octanol–water partition coefficient (Wildman–Crippen LogP) is 9.29. The molecule has 41 heavy (non-hydrogen) atoms. The van der Waals surface area contributed by atoms with Crippen LogP contribution in [-0.2, 0) is 19.5 Å². The van der Waals surface area contributed by atoms with Crippen LogP contribution in [0, 0.1) is 0 Å². The molecule has 7 aromatic rings. The van der Waals surface area contributed by atoms with Gasteiger partial charge in [-0.05, 0) is 24.3 Å². The summed E-state index contributed by atoms with van der Waals surface area (Å²) in [6, 6.07) is 42.7. The number of benzene rings is 4. The Kier molecular flexibility index (Phi) is 5.32. The van der Waals surface area contributed by atoms with Crippen molar-refractivity contribution >= 4 is 43.6 Å². The molecule has 2 aliphatic heterocycles. The number of nitrogens with zero attached hydrogens (tertiary/aromatic N) is 2. The quantitative estimate of drug-likeness (QED) is 0.177. The first-order valence-corrected chi connectivity index (χ1v) is 13.5. The molecule has 5 heterocycles. The van der Waals surface area contributed by atoms with Crippen molar-refractivity contribution in [3.63, 3.8) is 0 Å². The van der Waals surface area contributed by atoms with Crippen molar-refractivity contribution in [1.82, 2.24) is 19.9 Å². The van der Waals surface area contributed by atoms with E-state index >= 15 is 0 Å². The van der Waals surface area contributed by atoms with Crippen molar-refractivity contribution < 1.29 is 19.5 Å². The number of rotatable bonds is 0. The zero-order valence-electron chi connectivity index (χ0n) is 22.1. The van der Waals surface area contributed by atoms with Gasteiger partial charge < -0.3 is 9.97 Å². The van der Waals surface area contributed by atoms with Crippen LogP contribution in [0.3, 0.4) is 0 Å². The molecule has 0 amide bonds. The van der Waals surface area contributed by atoms with E-state index in [4.69, 9.17) is 9.97 Å². The van der Waals surface area contributed by atoms with Crippen LogP contribution in [-0.4, -0.2) is 19.9 Å². The standard InChI is InChI=1S/C36H22N4.Zn/c1-2-10-22-21(9-1)29-17-31-23-11-3-4-12-24(23)33(38-31)19-35-27-15-7-8-16-28(27)36(40-35)20-34-26-14-6-5-13-25(26)32(39-34)18-30(22)37-29;/h1-20,37,40H;. The van der Waals surface area contributed by atoms with Crippen LogP contribution >= 0.6 is 0 Å². The van der Waals surface area contributed by atoms with Crippen LogP contribution in [0.5, 0.6) is 0 Å². The summed E-state index contributed by atoms with van der Waals surface area (Å²) >= 11 is 0. The van der Waals surface area contributed by atoms with Gasteiger partial charge in [-0.15, -0.1) is 0 Å². The maximum atomic E-state index is 5.17. The second kappa shape index (κ2) is 9.09. The van der Waals surface area contributed by atoms with Crippen LogP contribution in [0.4, 0.5) is 0 Å². The van der Waals surface area contributed by atoms with Crippen LogP contribution in [0.1, 0.15) is 0 Å². The molecule has 4 aromatic carbocycles. The Hall–Kier alpha value is -4.86. The Morgan fingerprint density at radius 2 is 0.585 bits per heavy atom. The van der Waals surface area contributed by atoms with Gasteiger partial charge in [0.25, 0.3) is 0 Å². The number of aromatic nitrogens is 4. The van der Waals surface area contributed by atoms with E-state index in [9.17, 15) is 0 Å². The van der Waals surface area contributed by atoms with Crippen molar-refractivity contribution in [2.24, 2.45) is 0 Å². The topological polar surface area (TPSA) is 57.4 Å². The number of nitrogens with one attached hydrogen (secondary N) is 2. The van der Waals surface area contributed by atoms with Crippen molar-refractivity contribution in [3.8, 4) is 45.0 Å². The maximum Gasteiger partial charge on any atom is 0.0737 e. The van der Waals surface area contributed by atoms with Gasteiger partial charge in [0.1, 0.15) is 0 Å². The fraction of sp³-hybridized carbons (Fsp3) is 0. The molecule has 0 radical (unpaired) electrons. The van der Waals surface area contributed by atoms with Gasteiger partial charge in [-0.1, -0.05) is 97.1 Å². The summed E-state index contributed by atoms with van der Waals surface area (Å²) in [5.41, 5.74) is 12.5. The maximum absolute atomic E-state index is 5.17. The van der Waals surface area contributed by atoms with E-state index in [0.717, 1.165) is 88.6 Å². The van der Waals surface area contributed by atoms with E-state index in [0.29, 0.717) is 0 Å². The van der Waals surface area contributed by atoms with Crippen LogP contribution < -0.4 is 0 Å². The minimum atomic E-state index is 0. The molecule has 3 aromatic heterocycles. The van der Waals surface area contributed by atoms with Crippen molar-refractivity contribution in [1.29, 1.82) is 0 Å². The summed E-state index contributed by atoms with van der Waals surface area (Å²) in [6.07, 6.45) is 0. The summed E-state index contributed by atoms with van der Waals surface area (Å²) in [5.74, 6) is 0. The number of aromatic amines is 2. The van der Waals surface area contributed by atoms with Crippen molar-refractivity contribution in [3.05, 3.63) is 121 Å². The molecule has 9 rings (SSSR count). The fourth-order valence-electron chi connectivity index (χ4n) is 6.27. The van der Waals surface area contributed by atoms with Gasteiger partial charge in [0, 0.05) is 85.3 Å². The molecule has 8 bridgehead atoms. The smallest absolute Gasteiger partial charge is 0.0737 e. The minimum absolute atomic E-state index is 0. The average molecular weight is 576 g/mol. The number of fused-ring (bicyclic) bond motifs is 20. The Morgan fingerprint density at radius 1 is 0.341 bits per heavy atom. The zero-order chi connectivity index (χ0) is 26.2. The molecular formula is C36H22N4Zn. The summed E-state index contributed by atoms with van der Waals surface area (Å²) in [5, 5.41) is 4.66. The molecule has 0 atom stereocenters. The summed E-state index contributed by atoms with van der Waals surface area (Å²) in [4.78, 5) is 17.8. The van der Waals surface area contributed by atoms with Gasteiger partial charge in [-0.25, -0.2) is 9.97 Å². The molecule has 5 heteroatoms. The SMILES string of the molecule is [Zn].c1ccc2c(c1)-c1cc3[nH]c(cc4nc(cc5[nH]c(cc-2n1)c1ccccc51)-c1ccccc1-4)c1ccccc31. The Bertz CT molecular complexity index is 2020. The van der Waals surface area contributed by atoms with Gasteiger partial charge in [0.15, 0.2) is 0 Å². The molecule has 2 N–H and O–H groups in total. The molecule has 0 aliphatic carbocycles. The first kappa shape index (κ1) is 24.0. The fourth-order valence-corrected chi connectivity index (χ4v) is 6.27. The first-order chi connectivity index (χ1) is 19.8. The van der Waals surface area contributed by atoms with Gasteiger partial charge in [-0.2, -0.15) is 0 Å². The third kappa shape index (κ3) is 3.63. The molecule has 2 aliphatic rings. The van der Waals surface area contributed by atoms with Gasteiger partial charge >= 0.3 is 0 Å². The first-order valence-electron chi connectivity index (χ1n) is 13.5. The summed E-state index contributed by atoms with van der Waals surface area (Å²) in [7, 11) is 0. The second-order valence-electron chi connectivity index (χ2n) is 10.4. The minimum Gasteiger partial charge on any atom is -0.354 e. The molecule has 0 unspecified atom stereocenters. The number of hydrogen-bond acceptors (Lipinski definition) is 2. The Balaban J connectivity index is 0.00000256. The van der Waals surface area contributed by atoms with E-state index in [-0.39, 0.29) is 19.5 Å². The van der Waals surface area contributed by atoms with E-state index < -0.39 is 0 Å². The molecule has 0 spiro atoms. The van der Waals surface area contributed by atoms with E-state index in [1.807, 2.05) is 0 Å². The van der Waals surface area contributed by atoms with Crippen LogP contribution in [0.25, 0.3) is 88.6 Å². The number of hydrogen-bond donors (Lipinski definition) is 2. The van der Waals surface area contributed by atoms with Crippen molar-refractivity contribution in [2.45, 2.75) is 0 Å². The molecule has 0 saturated carbocycles. The summed E-state index contributed by atoms with van der Waals surface area (Å²) in [6.45, 7) is 0. The van der Waals surface area contributed by atoms with Gasteiger partial charge in [0.2, 0.25) is 0 Å². The molecule has 0 fully saturated rings. The molecule has 4 nitrogen and oxygen atoms in total. The molecular weight excluding hydrogens is 554 g/mol. The predicted molar refractivity (Wildman–Crippen MR) is 165 cm³/mol. The monoisotopic (exact) mass is 574 g/mol. The molecule has 188 valence electrons. The molecule has 0 saturated heterocycles. The van der Waals surface area contributed by atoms with Crippen LogP contribution in [0.2, 0.25) is 0 Å². The van der Waals surface area contributed by atoms with Gasteiger partial charge in [-0.3, -0.25) is 0 Å². The van der Waals surface area contributed by atoms with E-state index in [1.54, 1.807) is 0 Å². The van der Waals surface area contributed by atoms with E-state index in [1.165, 1.54) is 0 Å².